The summed E-state index contributed by atoms with van der Waals surface area (Å²) < 4.78 is 45.5. The van der Waals surface area contributed by atoms with E-state index in [1.165, 1.54) is 18.3 Å². The summed E-state index contributed by atoms with van der Waals surface area (Å²) in [6, 6.07) is 3.10. The van der Waals surface area contributed by atoms with E-state index in [2.05, 4.69) is 26.2 Å². The Hall–Kier alpha value is -2.38. The Bertz CT molecular complexity index is 1080. The number of rotatable bonds is 7. The fourth-order valence-electron chi connectivity index (χ4n) is 3.58. The van der Waals surface area contributed by atoms with Crippen molar-refractivity contribution in [2.24, 2.45) is 5.41 Å². The van der Waals surface area contributed by atoms with Crippen LogP contribution in [-0.4, -0.2) is 51.7 Å². The molecule has 206 valence electrons. The van der Waals surface area contributed by atoms with Crippen LogP contribution in [0.1, 0.15) is 58.6 Å². The maximum atomic E-state index is 13.2. The van der Waals surface area contributed by atoms with E-state index in [4.69, 9.17) is 4.74 Å². The lowest BCUT2D eigenvalue weighted by molar-refractivity contribution is -0.137. The Labute approximate surface area is 226 Å². The molecule has 0 spiro atoms. The van der Waals surface area contributed by atoms with Crippen LogP contribution in [0, 0.1) is 5.41 Å². The quantitative estimate of drug-likeness (QED) is 0.331. The molecule has 0 aliphatic carbocycles. The summed E-state index contributed by atoms with van der Waals surface area (Å²) in [4.78, 5) is 30.0. The number of benzene rings is 1. The molecule has 13 heteroatoms. The lowest BCUT2D eigenvalue weighted by Gasteiger charge is -2.39. The van der Waals surface area contributed by atoms with Crippen LogP contribution >= 0.6 is 27.3 Å². The molecule has 1 unspecified atom stereocenters. The van der Waals surface area contributed by atoms with Gasteiger partial charge in [-0.25, -0.2) is 14.6 Å². The number of nitrogens with one attached hydrogen (secondary N) is 1. The first-order valence-corrected chi connectivity index (χ1v) is 12.9. The summed E-state index contributed by atoms with van der Waals surface area (Å²) in [5.41, 5.74) is -2.27. The van der Waals surface area contributed by atoms with E-state index in [0.717, 1.165) is 28.4 Å². The average molecular weight is 610 g/mol. The minimum absolute atomic E-state index is 0.104. The first-order chi connectivity index (χ1) is 16.8. The van der Waals surface area contributed by atoms with Crippen molar-refractivity contribution in [3.63, 3.8) is 0 Å². The zero-order chi connectivity index (χ0) is 28.3. The van der Waals surface area contributed by atoms with Crippen LogP contribution in [0.3, 0.4) is 0 Å². The molecule has 0 bridgehead atoms. The van der Waals surface area contributed by atoms with Crippen molar-refractivity contribution in [2.75, 3.05) is 11.4 Å². The highest BCUT2D eigenvalue weighted by molar-refractivity contribution is 9.11. The molecule has 0 saturated heterocycles. The molecule has 0 aliphatic heterocycles. The van der Waals surface area contributed by atoms with E-state index in [1.54, 1.807) is 41.5 Å². The standard InChI is InChI=1S/C24H31BrF3N3O5S/c1-22(2,3)18(32)17(13-7-9-14(10-8-13)24(26,27)28)15(30-20(33)36-23(4,5)6)12-31(21(34)35)19-29-11-16(25)37-19/h7-11,15,17-18,32H,12H2,1-6H3,(H,30,33)(H,34,35)/t15-,17+,18?/m1/s1. The molecule has 2 amide bonds. The van der Waals surface area contributed by atoms with E-state index in [-0.39, 0.29) is 17.2 Å². The molecule has 0 saturated carbocycles. The zero-order valence-electron chi connectivity index (χ0n) is 21.3. The summed E-state index contributed by atoms with van der Waals surface area (Å²) in [6.07, 6.45) is -6.59. The minimum Gasteiger partial charge on any atom is -0.465 e. The first kappa shape index (κ1) is 30.8. The number of ether oxygens (including phenoxy) is 1. The van der Waals surface area contributed by atoms with Crippen LogP contribution in [0.4, 0.5) is 27.9 Å². The molecular weight excluding hydrogens is 579 g/mol. The second-order valence-corrected chi connectivity index (χ2v) is 12.9. The van der Waals surface area contributed by atoms with Gasteiger partial charge in [0.2, 0.25) is 0 Å². The molecule has 1 heterocycles. The Balaban J connectivity index is 2.62. The number of carbonyl (C=O) groups is 2. The van der Waals surface area contributed by atoms with E-state index in [9.17, 15) is 33.0 Å². The van der Waals surface area contributed by atoms with Gasteiger partial charge in [-0.2, -0.15) is 13.2 Å². The number of carbonyl (C=O) groups excluding carboxylic acids is 1. The van der Waals surface area contributed by atoms with Gasteiger partial charge in [0.25, 0.3) is 0 Å². The minimum atomic E-state index is -4.57. The topological polar surface area (TPSA) is 112 Å². The number of halogens is 4. The largest absolute Gasteiger partial charge is 0.465 e. The first-order valence-electron chi connectivity index (χ1n) is 11.3. The Morgan fingerprint density at radius 2 is 1.70 bits per heavy atom. The van der Waals surface area contributed by atoms with Crippen molar-refractivity contribution in [1.82, 2.24) is 10.3 Å². The third-order valence-electron chi connectivity index (χ3n) is 5.29. The lowest BCUT2D eigenvalue weighted by Crippen LogP contribution is -2.53. The SMILES string of the molecule is CC(C)(C)OC(=O)N[C@H](CN(C(=O)O)c1ncc(Br)s1)[C@H](c1ccc(C(F)(F)F)cc1)C(O)C(C)(C)C. The number of aliphatic hydroxyl groups is 1. The normalized spacial score (nSPS) is 15.0. The third kappa shape index (κ3) is 8.85. The van der Waals surface area contributed by atoms with Crippen LogP contribution in [0.5, 0.6) is 0 Å². The van der Waals surface area contributed by atoms with E-state index < -0.39 is 53.0 Å². The maximum absolute atomic E-state index is 13.2. The number of hydrogen-bond acceptors (Lipinski definition) is 6. The molecule has 3 atom stereocenters. The number of hydrogen-bond donors (Lipinski definition) is 3. The molecular formula is C24H31BrF3N3O5S. The van der Waals surface area contributed by atoms with Crippen molar-refractivity contribution in [3.05, 3.63) is 45.4 Å². The second-order valence-electron chi connectivity index (χ2n) is 10.5. The Morgan fingerprint density at radius 3 is 2.11 bits per heavy atom. The van der Waals surface area contributed by atoms with Gasteiger partial charge in [-0.05, 0) is 59.8 Å². The van der Waals surface area contributed by atoms with Gasteiger partial charge in [-0.15, -0.1) is 0 Å². The van der Waals surface area contributed by atoms with Crippen LogP contribution in [0.15, 0.2) is 34.2 Å². The van der Waals surface area contributed by atoms with Crippen molar-refractivity contribution < 1.29 is 37.7 Å². The van der Waals surface area contributed by atoms with Crippen molar-refractivity contribution in [3.8, 4) is 0 Å². The second kappa shape index (κ2) is 11.6. The van der Waals surface area contributed by atoms with Crippen LogP contribution in [-0.2, 0) is 10.9 Å². The number of thiazole rings is 1. The molecule has 37 heavy (non-hydrogen) atoms. The average Bonchev–Trinajstić information content (AvgIpc) is 3.15. The highest BCUT2D eigenvalue weighted by Crippen LogP contribution is 2.37. The van der Waals surface area contributed by atoms with Gasteiger partial charge in [0.15, 0.2) is 5.13 Å². The fraction of sp³-hybridized carbons (Fsp3) is 0.542. The Kier molecular flexibility index (Phi) is 9.64. The predicted molar refractivity (Wildman–Crippen MR) is 138 cm³/mol. The smallest absolute Gasteiger partial charge is 0.416 e. The number of carboxylic acid groups (broad SMARTS) is 1. The van der Waals surface area contributed by atoms with Crippen molar-refractivity contribution in [1.29, 1.82) is 0 Å². The maximum Gasteiger partial charge on any atom is 0.416 e. The van der Waals surface area contributed by atoms with Gasteiger partial charge in [-0.3, -0.25) is 4.90 Å². The van der Waals surface area contributed by atoms with Gasteiger partial charge < -0.3 is 20.3 Å². The summed E-state index contributed by atoms with van der Waals surface area (Å²) in [7, 11) is 0. The van der Waals surface area contributed by atoms with Crippen LogP contribution < -0.4 is 10.2 Å². The number of alkyl halides is 3. The van der Waals surface area contributed by atoms with Gasteiger partial charge in [0, 0.05) is 5.92 Å². The number of amides is 2. The number of anilines is 1. The van der Waals surface area contributed by atoms with Gasteiger partial charge in [0.1, 0.15) is 5.60 Å². The summed E-state index contributed by atoms with van der Waals surface area (Å²) in [5, 5.41) is 24.0. The molecule has 0 radical (unpaired) electrons. The number of aromatic nitrogens is 1. The summed E-state index contributed by atoms with van der Waals surface area (Å²) >= 11 is 4.28. The van der Waals surface area contributed by atoms with E-state index in [1.807, 2.05) is 0 Å². The zero-order valence-corrected chi connectivity index (χ0v) is 23.7. The molecule has 0 fully saturated rings. The highest BCUT2D eigenvalue weighted by atomic mass is 79.9. The molecule has 2 rings (SSSR count). The molecule has 3 N–H and O–H groups in total. The number of nitrogens with zero attached hydrogens (tertiary/aromatic N) is 2. The molecule has 8 nitrogen and oxygen atoms in total. The van der Waals surface area contributed by atoms with Gasteiger partial charge in [0.05, 0.1) is 34.2 Å². The van der Waals surface area contributed by atoms with E-state index in [0.29, 0.717) is 3.79 Å². The highest BCUT2D eigenvalue weighted by Gasteiger charge is 2.40. The predicted octanol–water partition coefficient (Wildman–Crippen LogP) is 6.49. The number of aliphatic hydroxyl groups excluding tert-OH is 1. The van der Waals surface area contributed by atoms with Gasteiger partial charge in [-0.1, -0.05) is 44.2 Å². The Morgan fingerprint density at radius 1 is 1.14 bits per heavy atom. The molecule has 2 aromatic rings. The molecule has 1 aromatic heterocycles. The van der Waals surface area contributed by atoms with Crippen molar-refractivity contribution in [2.45, 2.75) is 71.4 Å². The molecule has 1 aromatic carbocycles. The summed E-state index contributed by atoms with van der Waals surface area (Å²) in [5.74, 6) is -1.01. The molecule has 0 aliphatic rings. The third-order valence-corrected chi connectivity index (χ3v) is 6.79. The van der Waals surface area contributed by atoms with Crippen LogP contribution in [0.2, 0.25) is 0 Å². The number of alkyl carbamates (subject to hydrolysis) is 1. The fourth-order valence-corrected chi connectivity index (χ4v) is 4.77. The summed E-state index contributed by atoms with van der Waals surface area (Å²) in [6.45, 7) is 9.76. The van der Waals surface area contributed by atoms with Gasteiger partial charge >= 0.3 is 18.4 Å². The monoisotopic (exact) mass is 609 g/mol. The van der Waals surface area contributed by atoms with Crippen LogP contribution in [0.25, 0.3) is 0 Å². The van der Waals surface area contributed by atoms with Crippen molar-refractivity contribution >= 4 is 44.6 Å². The van der Waals surface area contributed by atoms with E-state index >= 15 is 0 Å². The lowest BCUT2D eigenvalue weighted by atomic mass is 9.74.